The van der Waals surface area contributed by atoms with Gasteiger partial charge in [0.25, 0.3) is 0 Å². The van der Waals surface area contributed by atoms with E-state index in [1.807, 2.05) is 47.0 Å². The van der Waals surface area contributed by atoms with Crippen LogP contribution in [0.5, 0.6) is 0 Å². The average molecular weight is 347 g/mol. The third-order valence-corrected chi connectivity index (χ3v) is 3.36. The number of anilines is 1. The molecule has 5 nitrogen and oxygen atoms in total. The van der Waals surface area contributed by atoms with Gasteiger partial charge in [0.2, 0.25) is 0 Å². The minimum atomic E-state index is 0. The van der Waals surface area contributed by atoms with E-state index in [1.165, 1.54) is 11.9 Å². The van der Waals surface area contributed by atoms with Gasteiger partial charge in [0, 0.05) is 23.6 Å². The number of nitrogens with two attached hydrogens (primary N) is 1. The van der Waals surface area contributed by atoms with Crippen LogP contribution in [0.25, 0.3) is 11.2 Å². The van der Waals surface area contributed by atoms with Gasteiger partial charge >= 0.3 is 0 Å². The normalized spacial score (nSPS) is 9.91. The molecule has 0 aliphatic rings. The molecular weight excluding hydrogens is 330 g/mol. The van der Waals surface area contributed by atoms with E-state index in [0.29, 0.717) is 11.3 Å². The molecule has 23 heavy (non-hydrogen) atoms. The van der Waals surface area contributed by atoms with Crippen molar-refractivity contribution in [2.24, 2.45) is 0 Å². The third-order valence-electron chi connectivity index (χ3n) is 3.36. The van der Waals surface area contributed by atoms with Crippen LogP contribution in [-0.2, 0) is 30.0 Å². The van der Waals surface area contributed by atoms with Crippen LogP contribution in [0.15, 0.2) is 67.3 Å². The summed E-state index contributed by atoms with van der Waals surface area (Å²) in [6.07, 6.45) is 4.19. The fourth-order valence-corrected chi connectivity index (χ4v) is 2.21. The van der Waals surface area contributed by atoms with Crippen molar-refractivity contribution in [3.05, 3.63) is 72.8 Å². The Morgan fingerprint density at radius 3 is 2.30 bits per heavy atom. The van der Waals surface area contributed by atoms with Crippen molar-refractivity contribution in [1.82, 2.24) is 19.5 Å². The van der Waals surface area contributed by atoms with Crippen molar-refractivity contribution in [1.29, 1.82) is 0 Å². The minimum absolute atomic E-state index is 0. The summed E-state index contributed by atoms with van der Waals surface area (Å²) in [6, 6.07) is 18.3. The Kier molecular flexibility index (Phi) is 6.09. The van der Waals surface area contributed by atoms with E-state index in [2.05, 4.69) is 27.1 Å². The standard InChI is InChI=1S/C12H12N5.C5H5.Fe/c13-11-10-12(15-7-14-11)17(8-16-10)6-5-9-3-1-2-4-9;1-2-4-5-3-1;/h1-4,7-8H,5-6H2,(H2,13,14,15);1-5H;/q-1;-5;. The first-order chi connectivity index (χ1) is 10.8. The van der Waals surface area contributed by atoms with Crippen molar-refractivity contribution < 1.29 is 17.1 Å². The molecule has 0 aliphatic heterocycles. The Morgan fingerprint density at radius 2 is 1.65 bits per heavy atom. The number of aromatic nitrogens is 4. The molecule has 0 atom stereocenters. The topological polar surface area (TPSA) is 69.6 Å². The van der Waals surface area contributed by atoms with Crippen LogP contribution >= 0.6 is 0 Å². The first-order valence-corrected chi connectivity index (χ1v) is 7.13. The molecule has 2 heterocycles. The second-order valence-corrected chi connectivity index (χ2v) is 4.87. The maximum Gasteiger partial charge on any atom is 0.165 e. The van der Waals surface area contributed by atoms with Gasteiger partial charge < -0.3 is 40.6 Å². The number of nitrogen functional groups attached to an aromatic ring is 1. The van der Waals surface area contributed by atoms with Crippen LogP contribution in [-0.4, -0.2) is 19.5 Å². The van der Waals surface area contributed by atoms with Gasteiger partial charge in [0.15, 0.2) is 11.5 Å². The molecule has 0 spiro atoms. The zero-order valence-electron chi connectivity index (χ0n) is 12.5. The number of hydrogen-bond donors (Lipinski definition) is 1. The SMILES string of the molecule is Nc1ncnc2c1ncn2CC[c-]1cccc1.[Fe].[cH-]1[cH-][cH-][cH-][cH-]1. The van der Waals surface area contributed by atoms with E-state index < -0.39 is 0 Å². The van der Waals surface area contributed by atoms with Gasteiger partial charge in [-0.25, -0.2) is 27.1 Å². The van der Waals surface area contributed by atoms with Crippen LogP contribution < -0.4 is 5.73 Å². The minimum Gasteiger partial charge on any atom is -0.748 e. The Balaban J connectivity index is 0.000000276. The summed E-state index contributed by atoms with van der Waals surface area (Å²) < 4.78 is 2.00. The van der Waals surface area contributed by atoms with Crippen LogP contribution in [0.1, 0.15) is 5.56 Å². The van der Waals surface area contributed by atoms with Gasteiger partial charge in [-0.15, -0.1) is 0 Å². The monoisotopic (exact) mass is 347 g/mol. The predicted molar refractivity (Wildman–Crippen MR) is 87.5 cm³/mol. The van der Waals surface area contributed by atoms with E-state index in [9.17, 15) is 0 Å². The Labute approximate surface area is 145 Å². The Bertz CT molecular complexity index is 786. The molecule has 0 amide bonds. The molecule has 2 aromatic heterocycles. The molecule has 124 valence electrons. The summed E-state index contributed by atoms with van der Waals surface area (Å²) in [5, 5.41) is 0. The van der Waals surface area contributed by atoms with E-state index in [-0.39, 0.29) is 17.1 Å². The van der Waals surface area contributed by atoms with Crippen molar-refractivity contribution in [3.8, 4) is 0 Å². The fraction of sp³-hybridized carbons (Fsp3) is 0.118. The predicted octanol–water partition coefficient (Wildman–Crippen LogP) is 2.77. The summed E-state index contributed by atoms with van der Waals surface area (Å²) in [7, 11) is 0. The van der Waals surface area contributed by atoms with Crippen molar-refractivity contribution in [2.75, 3.05) is 5.73 Å². The van der Waals surface area contributed by atoms with Gasteiger partial charge in [0.05, 0.1) is 6.33 Å². The van der Waals surface area contributed by atoms with Gasteiger partial charge in [0.1, 0.15) is 11.8 Å². The first-order valence-electron chi connectivity index (χ1n) is 7.13. The number of fused-ring (bicyclic) bond motifs is 1. The number of imidazole rings is 1. The molecule has 4 aromatic rings. The molecule has 2 aromatic carbocycles. The van der Waals surface area contributed by atoms with E-state index in [0.717, 1.165) is 18.6 Å². The maximum absolute atomic E-state index is 5.73. The molecule has 0 radical (unpaired) electrons. The van der Waals surface area contributed by atoms with Crippen LogP contribution in [0, 0.1) is 0 Å². The Hall–Kier alpha value is -2.43. The third kappa shape index (κ3) is 4.28. The molecule has 0 bridgehead atoms. The fourth-order valence-electron chi connectivity index (χ4n) is 2.21. The number of aryl methyl sites for hydroxylation is 2. The second kappa shape index (κ2) is 8.27. The zero-order chi connectivity index (χ0) is 15.2. The molecule has 4 rings (SSSR count). The molecule has 0 aliphatic carbocycles. The summed E-state index contributed by atoms with van der Waals surface area (Å²) in [4.78, 5) is 12.4. The summed E-state index contributed by atoms with van der Waals surface area (Å²) in [5.74, 6) is 0.432. The summed E-state index contributed by atoms with van der Waals surface area (Å²) in [6.45, 7) is 0.844. The number of nitrogens with zero attached hydrogens (tertiary/aromatic N) is 4. The van der Waals surface area contributed by atoms with Crippen molar-refractivity contribution in [3.63, 3.8) is 0 Å². The van der Waals surface area contributed by atoms with Crippen LogP contribution in [0.4, 0.5) is 5.82 Å². The molecule has 0 saturated heterocycles. The zero-order valence-corrected chi connectivity index (χ0v) is 13.6. The average Bonchev–Trinajstić information content (AvgIpc) is 3.29. The van der Waals surface area contributed by atoms with E-state index in [4.69, 9.17) is 5.73 Å². The quantitative estimate of drug-likeness (QED) is 0.457. The van der Waals surface area contributed by atoms with E-state index in [1.54, 1.807) is 6.33 Å². The van der Waals surface area contributed by atoms with Crippen molar-refractivity contribution >= 4 is 17.0 Å². The molecule has 2 N–H and O–H groups in total. The van der Waals surface area contributed by atoms with Gasteiger partial charge in [-0.3, -0.25) is 0 Å². The smallest absolute Gasteiger partial charge is 0.165 e. The van der Waals surface area contributed by atoms with Gasteiger partial charge in [-0.05, 0) is 0 Å². The molecule has 0 saturated carbocycles. The summed E-state index contributed by atoms with van der Waals surface area (Å²) >= 11 is 0. The molecule has 0 unspecified atom stereocenters. The first kappa shape index (κ1) is 16.9. The second-order valence-electron chi connectivity index (χ2n) is 4.87. The van der Waals surface area contributed by atoms with Gasteiger partial charge in [-0.1, -0.05) is 6.42 Å². The summed E-state index contributed by atoms with van der Waals surface area (Å²) in [5.41, 5.74) is 8.52. The molecule has 6 heteroatoms. The van der Waals surface area contributed by atoms with Gasteiger partial charge in [-0.2, -0.15) is 17.7 Å². The molecule has 0 fully saturated rings. The number of rotatable bonds is 3. The van der Waals surface area contributed by atoms with Crippen LogP contribution in [0.3, 0.4) is 0 Å². The number of hydrogen-bond acceptors (Lipinski definition) is 4. The largest absolute Gasteiger partial charge is 0.748 e. The Morgan fingerprint density at radius 1 is 1.00 bits per heavy atom. The van der Waals surface area contributed by atoms with Crippen LogP contribution in [0.2, 0.25) is 0 Å². The van der Waals surface area contributed by atoms with Crippen molar-refractivity contribution in [2.45, 2.75) is 13.0 Å². The molecular formula is C17H17FeN5-6. The van der Waals surface area contributed by atoms with E-state index >= 15 is 0 Å². The maximum atomic E-state index is 5.73.